The number of fused-ring (bicyclic) bond motifs is 1. The molecule has 0 aliphatic rings. The van der Waals surface area contributed by atoms with Gasteiger partial charge in [0, 0.05) is 15.1 Å². The molecule has 0 saturated carbocycles. The molecule has 68 valence electrons. The van der Waals surface area contributed by atoms with Crippen LogP contribution in [0.4, 0.5) is 0 Å². The van der Waals surface area contributed by atoms with Crippen LogP contribution in [0.3, 0.4) is 0 Å². The summed E-state index contributed by atoms with van der Waals surface area (Å²) in [5.41, 5.74) is 5.81. The number of rotatable bonds is 1. The molecule has 13 heavy (non-hydrogen) atoms. The summed E-state index contributed by atoms with van der Waals surface area (Å²) in [5, 5.41) is 1.29. The molecule has 2 heteroatoms. The largest absolute Gasteiger partial charge is 0.321 e. The van der Waals surface area contributed by atoms with Crippen molar-refractivity contribution in [2.24, 2.45) is 5.73 Å². The Hall–Kier alpha value is -0.860. The van der Waals surface area contributed by atoms with E-state index >= 15 is 0 Å². The van der Waals surface area contributed by atoms with Crippen molar-refractivity contribution < 1.29 is 0 Å². The third-order valence-corrected chi connectivity index (χ3v) is 3.52. The van der Waals surface area contributed by atoms with Gasteiger partial charge in [-0.2, -0.15) is 0 Å². The first kappa shape index (κ1) is 8.73. The summed E-state index contributed by atoms with van der Waals surface area (Å²) >= 11 is 1.78. The Bertz CT molecular complexity index is 390. The lowest BCUT2D eigenvalue weighted by atomic mass is 10.0. The summed E-state index contributed by atoms with van der Waals surface area (Å²) in [7, 11) is 0. The van der Waals surface area contributed by atoms with Gasteiger partial charge in [0.1, 0.15) is 0 Å². The molecule has 1 aromatic heterocycles. The fourth-order valence-electron chi connectivity index (χ4n) is 1.30. The minimum atomic E-state index is -0.219. The van der Waals surface area contributed by atoms with Crippen LogP contribution in [0.5, 0.6) is 0 Å². The fraction of sp³-hybridized carbons (Fsp3) is 0.273. The highest BCUT2D eigenvalue weighted by Gasteiger charge is 2.16. The quantitative estimate of drug-likeness (QED) is 0.736. The van der Waals surface area contributed by atoms with Gasteiger partial charge in [-0.05, 0) is 31.4 Å². The Morgan fingerprint density at radius 3 is 2.54 bits per heavy atom. The van der Waals surface area contributed by atoms with Crippen molar-refractivity contribution in [3.63, 3.8) is 0 Å². The first-order valence-corrected chi connectivity index (χ1v) is 5.17. The zero-order chi connectivity index (χ0) is 9.47. The third kappa shape index (κ3) is 1.60. The van der Waals surface area contributed by atoms with Gasteiger partial charge >= 0.3 is 0 Å². The monoisotopic (exact) mass is 191 g/mol. The summed E-state index contributed by atoms with van der Waals surface area (Å²) < 4.78 is 1.32. The van der Waals surface area contributed by atoms with E-state index in [1.807, 2.05) is 13.8 Å². The molecule has 0 spiro atoms. The molecule has 1 heterocycles. The molecular weight excluding hydrogens is 178 g/mol. The second-order valence-electron chi connectivity index (χ2n) is 3.87. The van der Waals surface area contributed by atoms with E-state index in [0.29, 0.717) is 0 Å². The average Bonchev–Trinajstić information content (AvgIpc) is 2.45. The summed E-state index contributed by atoms with van der Waals surface area (Å²) in [4.78, 5) is 1.24. The number of benzene rings is 1. The molecule has 0 fully saturated rings. The molecule has 0 aliphatic carbocycles. The van der Waals surface area contributed by atoms with Crippen LogP contribution < -0.4 is 5.73 Å². The molecule has 1 aromatic carbocycles. The molecule has 0 atom stereocenters. The maximum absolute atomic E-state index is 6.03. The van der Waals surface area contributed by atoms with Crippen molar-refractivity contribution in [1.82, 2.24) is 0 Å². The maximum Gasteiger partial charge on any atom is 0.0447 e. The van der Waals surface area contributed by atoms with Gasteiger partial charge in [0.15, 0.2) is 0 Å². The summed E-state index contributed by atoms with van der Waals surface area (Å²) in [6, 6.07) is 10.6. The molecular formula is C11H13NS. The highest BCUT2D eigenvalue weighted by atomic mass is 32.1. The minimum Gasteiger partial charge on any atom is -0.321 e. The topological polar surface area (TPSA) is 26.0 Å². The van der Waals surface area contributed by atoms with Crippen LogP contribution in [0, 0.1) is 0 Å². The summed E-state index contributed by atoms with van der Waals surface area (Å²) in [6.07, 6.45) is 0. The van der Waals surface area contributed by atoms with Gasteiger partial charge in [-0.3, -0.25) is 0 Å². The molecule has 1 nitrogen and oxygen atoms in total. The second kappa shape index (κ2) is 2.82. The van der Waals surface area contributed by atoms with Gasteiger partial charge in [0.05, 0.1) is 0 Å². The molecule has 0 saturated heterocycles. The van der Waals surface area contributed by atoms with E-state index < -0.39 is 0 Å². The Kier molecular flexibility index (Phi) is 1.90. The molecule has 2 rings (SSSR count). The second-order valence-corrected chi connectivity index (χ2v) is 4.95. The minimum absolute atomic E-state index is 0.219. The predicted octanol–water partition coefficient (Wildman–Crippen LogP) is 3.10. The third-order valence-electron chi connectivity index (χ3n) is 2.06. The highest BCUT2D eigenvalue weighted by Crippen LogP contribution is 2.31. The molecule has 2 N–H and O–H groups in total. The van der Waals surface area contributed by atoms with Crippen LogP contribution in [0.25, 0.3) is 10.1 Å². The van der Waals surface area contributed by atoms with Crippen molar-refractivity contribution in [3.05, 3.63) is 35.2 Å². The van der Waals surface area contributed by atoms with E-state index in [0.717, 1.165) is 0 Å². The summed E-state index contributed by atoms with van der Waals surface area (Å²) in [5.74, 6) is 0. The molecule has 2 aromatic rings. The zero-order valence-electron chi connectivity index (χ0n) is 7.87. The van der Waals surface area contributed by atoms with E-state index in [1.54, 1.807) is 11.3 Å². The van der Waals surface area contributed by atoms with Crippen molar-refractivity contribution in [3.8, 4) is 0 Å². The van der Waals surface area contributed by atoms with Gasteiger partial charge in [-0.1, -0.05) is 18.2 Å². The maximum atomic E-state index is 6.03. The van der Waals surface area contributed by atoms with E-state index in [-0.39, 0.29) is 5.54 Å². The normalized spacial score (nSPS) is 12.2. The van der Waals surface area contributed by atoms with Crippen LogP contribution in [-0.4, -0.2) is 0 Å². The molecule has 0 radical (unpaired) electrons. The standard InChI is InChI=1S/C11H13NS/c1-11(2,12)10-7-8-5-3-4-6-9(8)13-10/h3-7H,12H2,1-2H3. The predicted molar refractivity (Wildman–Crippen MR) is 59.0 cm³/mol. The van der Waals surface area contributed by atoms with Gasteiger partial charge in [-0.25, -0.2) is 0 Å². The van der Waals surface area contributed by atoms with Crippen molar-refractivity contribution in [2.45, 2.75) is 19.4 Å². The lowest BCUT2D eigenvalue weighted by molar-refractivity contribution is 0.567. The van der Waals surface area contributed by atoms with Crippen LogP contribution in [0.2, 0.25) is 0 Å². The van der Waals surface area contributed by atoms with Gasteiger partial charge in [0.25, 0.3) is 0 Å². The Morgan fingerprint density at radius 1 is 1.23 bits per heavy atom. The average molecular weight is 191 g/mol. The molecule has 0 bridgehead atoms. The van der Waals surface area contributed by atoms with E-state index in [1.165, 1.54) is 15.0 Å². The van der Waals surface area contributed by atoms with E-state index in [9.17, 15) is 0 Å². The lowest BCUT2D eigenvalue weighted by Crippen LogP contribution is -2.27. The molecule has 0 amide bonds. The Balaban J connectivity index is 2.63. The Labute approximate surface area is 82.2 Å². The molecule has 0 unspecified atom stereocenters. The van der Waals surface area contributed by atoms with Crippen LogP contribution in [0.15, 0.2) is 30.3 Å². The first-order valence-electron chi connectivity index (χ1n) is 4.35. The fourth-order valence-corrected chi connectivity index (χ4v) is 2.38. The lowest BCUT2D eigenvalue weighted by Gasteiger charge is -2.15. The zero-order valence-corrected chi connectivity index (χ0v) is 8.69. The van der Waals surface area contributed by atoms with E-state index in [2.05, 4.69) is 30.3 Å². The first-order chi connectivity index (χ1) is 6.07. The highest BCUT2D eigenvalue weighted by molar-refractivity contribution is 7.19. The van der Waals surface area contributed by atoms with Crippen molar-refractivity contribution in [2.75, 3.05) is 0 Å². The number of hydrogen-bond acceptors (Lipinski definition) is 2. The van der Waals surface area contributed by atoms with E-state index in [4.69, 9.17) is 5.73 Å². The number of nitrogens with two attached hydrogens (primary N) is 1. The number of hydrogen-bond donors (Lipinski definition) is 1. The van der Waals surface area contributed by atoms with Crippen LogP contribution >= 0.6 is 11.3 Å². The van der Waals surface area contributed by atoms with Crippen LogP contribution in [-0.2, 0) is 5.54 Å². The SMILES string of the molecule is CC(C)(N)c1cc2ccccc2s1. The van der Waals surface area contributed by atoms with Gasteiger partial charge in [0.2, 0.25) is 0 Å². The van der Waals surface area contributed by atoms with Crippen molar-refractivity contribution in [1.29, 1.82) is 0 Å². The Morgan fingerprint density at radius 2 is 1.92 bits per heavy atom. The summed E-state index contributed by atoms with van der Waals surface area (Å²) in [6.45, 7) is 4.08. The smallest absolute Gasteiger partial charge is 0.0447 e. The van der Waals surface area contributed by atoms with Crippen LogP contribution in [0.1, 0.15) is 18.7 Å². The van der Waals surface area contributed by atoms with Gasteiger partial charge < -0.3 is 5.73 Å². The molecule has 0 aliphatic heterocycles. The van der Waals surface area contributed by atoms with Crippen molar-refractivity contribution >= 4 is 21.4 Å². The van der Waals surface area contributed by atoms with Gasteiger partial charge in [-0.15, -0.1) is 11.3 Å². The number of thiophene rings is 1.